The molecule has 0 aromatic heterocycles. The average molecular weight is 422 g/mol. The summed E-state index contributed by atoms with van der Waals surface area (Å²) in [7, 11) is -3.67. The van der Waals surface area contributed by atoms with Crippen molar-refractivity contribution >= 4 is 21.8 Å². The Morgan fingerprint density at radius 1 is 0.931 bits per heavy atom. The third kappa shape index (κ3) is 5.79. The van der Waals surface area contributed by atoms with Gasteiger partial charge in [-0.2, -0.15) is 4.31 Å². The van der Waals surface area contributed by atoms with E-state index in [0.717, 1.165) is 32.4 Å². The Kier molecular flexibility index (Phi) is 7.66. The Bertz CT molecular complexity index is 791. The van der Waals surface area contributed by atoms with Crippen LogP contribution in [-0.4, -0.2) is 62.2 Å². The molecule has 2 fully saturated rings. The molecule has 1 aromatic carbocycles. The number of carbonyl (C=O) groups is 2. The lowest BCUT2D eigenvalue weighted by Gasteiger charge is -2.30. The maximum Gasteiger partial charge on any atom is 0.243 e. The van der Waals surface area contributed by atoms with E-state index in [2.05, 4.69) is 5.32 Å². The van der Waals surface area contributed by atoms with Gasteiger partial charge in [0.05, 0.1) is 4.90 Å². The van der Waals surface area contributed by atoms with Crippen LogP contribution in [0.4, 0.5) is 0 Å². The minimum atomic E-state index is -3.67. The van der Waals surface area contributed by atoms with E-state index in [0.29, 0.717) is 32.4 Å². The molecule has 1 unspecified atom stereocenters. The van der Waals surface area contributed by atoms with E-state index in [1.807, 2.05) is 4.90 Å². The van der Waals surface area contributed by atoms with Crippen LogP contribution in [0.1, 0.15) is 44.9 Å². The van der Waals surface area contributed by atoms with Crippen LogP contribution in [0.15, 0.2) is 35.2 Å². The summed E-state index contributed by atoms with van der Waals surface area (Å²) in [5, 5.41) is 2.85. The van der Waals surface area contributed by atoms with E-state index in [9.17, 15) is 18.0 Å². The van der Waals surface area contributed by atoms with Crippen molar-refractivity contribution in [3.8, 4) is 0 Å². The zero-order valence-corrected chi connectivity index (χ0v) is 17.7. The SMILES string of the molecule is O=C1CCN(S(=O)(=O)c2ccccc2)CCCC(C(=O)N2CCCCC2)CCN1. The number of benzene rings is 1. The summed E-state index contributed by atoms with van der Waals surface area (Å²) >= 11 is 0. The minimum Gasteiger partial charge on any atom is -0.356 e. The van der Waals surface area contributed by atoms with E-state index in [-0.39, 0.29) is 35.6 Å². The Morgan fingerprint density at radius 2 is 1.66 bits per heavy atom. The monoisotopic (exact) mass is 421 g/mol. The fourth-order valence-corrected chi connectivity index (χ4v) is 5.57. The fraction of sp³-hybridized carbons (Fsp3) is 0.619. The molecule has 160 valence electrons. The molecule has 2 amide bonds. The van der Waals surface area contributed by atoms with Gasteiger partial charge in [0.25, 0.3) is 0 Å². The van der Waals surface area contributed by atoms with Crippen LogP contribution in [0.25, 0.3) is 0 Å². The van der Waals surface area contributed by atoms with Crippen LogP contribution < -0.4 is 5.32 Å². The molecule has 2 aliphatic heterocycles. The molecule has 1 aromatic rings. The number of likely N-dealkylation sites (tertiary alicyclic amines) is 1. The predicted molar refractivity (Wildman–Crippen MR) is 111 cm³/mol. The van der Waals surface area contributed by atoms with Crippen molar-refractivity contribution in [3.63, 3.8) is 0 Å². The van der Waals surface area contributed by atoms with Gasteiger partial charge in [0, 0.05) is 45.1 Å². The van der Waals surface area contributed by atoms with Crippen LogP contribution in [-0.2, 0) is 19.6 Å². The van der Waals surface area contributed by atoms with E-state index in [4.69, 9.17) is 0 Å². The molecule has 2 heterocycles. The van der Waals surface area contributed by atoms with Gasteiger partial charge in [0.2, 0.25) is 21.8 Å². The number of nitrogens with one attached hydrogen (secondary N) is 1. The highest BCUT2D eigenvalue weighted by Gasteiger charge is 2.29. The molecule has 3 rings (SSSR count). The van der Waals surface area contributed by atoms with Crippen LogP contribution in [0, 0.1) is 5.92 Å². The molecule has 2 saturated heterocycles. The van der Waals surface area contributed by atoms with Gasteiger partial charge < -0.3 is 10.2 Å². The lowest BCUT2D eigenvalue weighted by atomic mass is 9.96. The number of amides is 2. The Morgan fingerprint density at radius 3 is 2.38 bits per heavy atom. The van der Waals surface area contributed by atoms with Gasteiger partial charge in [-0.05, 0) is 50.7 Å². The average Bonchev–Trinajstić information content (AvgIpc) is 2.79. The van der Waals surface area contributed by atoms with Crippen molar-refractivity contribution in [1.29, 1.82) is 0 Å². The van der Waals surface area contributed by atoms with Crippen molar-refractivity contribution < 1.29 is 18.0 Å². The normalized spacial score (nSPS) is 23.1. The first-order valence-corrected chi connectivity index (χ1v) is 12.0. The number of sulfonamides is 1. The summed E-state index contributed by atoms with van der Waals surface area (Å²) in [5.74, 6) is -0.201. The number of piperidine rings is 1. The highest BCUT2D eigenvalue weighted by Crippen LogP contribution is 2.21. The molecule has 0 spiro atoms. The minimum absolute atomic E-state index is 0.122. The maximum atomic E-state index is 13.0. The molecule has 2 aliphatic rings. The second kappa shape index (κ2) is 10.2. The zero-order valence-electron chi connectivity index (χ0n) is 16.9. The van der Waals surface area contributed by atoms with Crippen molar-refractivity contribution in [2.75, 3.05) is 32.7 Å². The molecule has 7 nitrogen and oxygen atoms in total. The van der Waals surface area contributed by atoms with Crippen molar-refractivity contribution in [3.05, 3.63) is 30.3 Å². The first-order valence-electron chi connectivity index (χ1n) is 10.6. The second-order valence-electron chi connectivity index (χ2n) is 7.83. The Hall–Kier alpha value is -1.93. The number of hydrogen-bond donors (Lipinski definition) is 1. The van der Waals surface area contributed by atoms with Crippen LogP contribution in [0.5, 0.6) is 0 Å². The lowest BCUT2D eigenvalue weighted by molar-refractivity contribution is -0.137. The van der Waals surface area contributed by atoms with Gasteiger partial charge >= 0.3 is 0 Å². The summed E-state index contributed by atoms with van der Waals surface area (Å²) in [6.45, 7) is 2.52. The standard InChI is InChI=1S/C21H31N3O4S/c25-20-12-17-24(29(27,28)19-9-3-1-4-10-19)16-7-8-18(11-13-22-20)21(26)23-14-5-2-6-15-23/h1,3-4,9-10,18H,2,5-8,11-17H2,(H,22,25). The third-order valence-corrected chi connectivity index (χ3v) is 7.67. The van der Waals surface area contributed by atoms with Gasteiger partial charge in [-0.3, -0.25) is 9.59 Å². The van der Waals surface area contributed by atoms with Gasteiger partial charge in [-0.25, -0.2) is 8.42 Å². The van der Waals surface area contributed by atoms with Gasteiger partial charge in [-0.15, -0.1) is 0 Å². The van der Waals surface area contributed by atoms with E-state index < -0.39 is 10.0 Å². The smallest absolute Gasteiger partial charge is 0.243 e. The molecule has 1 N–H and O–H groups in total. The molecular formula is C21H31N3O4S. The number of nitrogens with zero attached hydrogens (tertiary/aromatic N) is 2. The molecule has 1 atom stereocenters. The molecule has 29 heavy (non-hydrogen) atoms. The summed E-state index contributed by atoms with van der Waals surface area (Å²) in [5.41, 5.74) is 0. The third-order valence-electron chi connectivity index (χ3n) is 5.76. The molecular weight excluding hydrogens is 390 g/mol. The lowest BCUT2D eigenvalue weighted by Crippen LogP contribution is -2.40. The topological polar surface area (TPSA) is 86.8 Å². The Balaban J connectivity index is 1.71. The highest BCUT2D eigenvalue weighted by atomic mass is 32.2. The largest absolute Gasteiger partial charge is 0.356 e. The number of carbonyl (C=O) groups excluding carboxylic acids is 2. The quantitative estimate of drug-likeness (QED) is 0.809. The first kappa shape index (κ1) is 21.8. The second-order valence-corrected chi connectivity index (χ2v) is 9.77. The van der Waals surface area contributed by atoms with E-state index in [1.54, 1.807) is 30.3 Å². The van der Waals surface area contributed by atoms with Crippen molar-refractivity contribution in [2.24, 2.45) is 5.92 Å². The first-order chi connectivity index (χ1) is 14.0. The molecule has 0 radical (unpaired) electrons. The van der Waals surface area contributed by atoms with Crippen molar-refractivity contribution in [1.82, 2.24) is 14.5 Å². The summed E-state index contributed by atoms with van der Waals surface area (Å²) in [4.78, 5) is 27.3. The molecule has 8 heteroatoms. The van der Waals surface area contributed by atoms with Crippen molar-refractivity contribution in [2.45, 2.75) is 49.8 Å². The summed E-state index contributed by atoms with van der Waals surface area (Å²) in [6, 6.07) is 8.31. The van der Waals surface area contributed by atoms with Gasteiger partial charge in [0.1, 0.15) is 0 Å². The van der Waals surface area contributed by atoms with Crippen LogP contribution in [0.3, 0.4) is 0 Å². The molecule has 0 aliphatic carbocycles. The summed E-state index contributed by atoms with van der Waals surface area (Å²) in [6.07, 6.45) is 5.20. The number of rotatable bonds is 3. The zero-order chi connectivity index (χ0) is 20.7. The Labute approximate surface area is 173 Å². The van der Waals surface area contributed by atoms with Crippen LogP contribution in [0.2, 0.25) is 0 Å². The van der Waals surface area contributed by atoms with Gasteiger partial charge in [0.15, 0.2) is 0 Å². The fourth-order valence-electron chi connectivity index (χ4n) is 4.07. The van der Waals surface area contributed by atoms with Gasteiger partial charge in [-0.1, -0.05) is 18.2 Å². The maximum absolute atomic E-state index is 13.0. The van der Waals surface area contributed by atoms with Crippen LogP contribution >= 0.6 is 0 Å². The van der Waals surface area contributed by atoms with E-state index >= 15 is 0 Å². The highest BCUT2D eigenvalue weighted by molar-refractivity contribution is 7.89. The molecule has 0 saturated carbocycles. The summed E-state index contributed by atoms with van der Waals surface area (Å²) < 4.78 is 27.4. The van der Waals surface area contributed by atoms with E-state index in [1.165, 1.54) is 4.31 Å². The number of hydrogen-bond acceptors (Lipinski definition) is 4. The predicted octanol–water partition coefficient (Wildman–Crippen LogP) is 2.00. The molecule has 0 bridgehead atoms.